The molecule has 1 fully saturated rings. The van der Waals surface area contributed by atoms with Gasteiger partial charge in [-0.2, -0.15) is 4.31 Å². The van der Waals surface area contributed by atoms with Gasteiger partial charge in [-0.3, -0.25) is 14.4 Å². The van der Waals surface area contributed by atoms with Gasteiger partial charge in [0, 0.05) is 38.7 Å². The first kappa shape index (κ1) is 21.0. The molecular weight excluding hydrogens is 370 g/mol. The van der Waals surface area contributed by atoms with Crippen molar-refractivity contribution in [1.82, 2.24) is 14.5 Å². The van der Waals surface area contributed by atoms with Gasteiger partial charge in [-0.05, 0) is 31.9 Å². The zero-order valence-electron chi connectivity index (χ0n) is 15.8. The molecular formula is C18H25N3O5S. The molecule has 9 heteroatoms. The fourth-order valence-corrected chi connectivity index (χ4v) is 4.30. The van der Waals surface area contributed by atoms with E-state index < -0.39 is 10.0 Å². The van der Waals surface area contributed by atoms with E-state index in [9.17, 15) is 22.8 Å². The predicted molar refractivity (Wildman–Crippen MR) is 99.6 cm³/mol. The van der Waals surface area contributed by atoms with E-state index in [-0.39, 0.29) is 48.0 Å². The van der Waals surface area contributed by atoms with Crippen LogP contribution in [0.15, 0.2) is 29.2 Å². The first-order valence-corrected chi connectivity index (χ1v) is 10.2. The lowest BCUT2D eigenvalue weighted by Crippen LogP contribution is -2.44. The molecule has 2 amide bonds. The van der Waals surface area contributed by atoms with E-state index in [1.807, 2.05) is 0 Å². The Morgan fingerprint density at radius 2 is 1.67 bits per heavy atom. The molecule has 27 heavy (non-hydrogen) atoms. The summed E-state index contributed by atoms with van der Waals surface area (Å²) >= 11 is 0. The van der Waals surface area contributed by atoms with Gasteiger partial charge in [-0.25, -0.2) is 8.42 Å². The normalized spacial score (nSPS) is 16.0. The summed E-state index contributed by atoms with van der Waals surface area (Å²) in [6.45, 7) is 1.82. The predicted octanol–water partition coefficient (Wildman–Crippen LogP) is 0.494. The standard InChI is InChI=1S/C18H25N3O5S/c1-13(22)14-4-6-16(7-5-14)27(25,26)21-10-8-15(9-11-21)18(24)19-12-17(23)20(2)3/h4-7,15H,8-12H2,1-3H3,(H,19,24). The second-order valence-corrected chi connectivity index (χ2v) is 8.70. The maximum absolute atomic E-state index is 12.7. The summed E-state index contributed by atoms with van der Waals surface area (Å²) in [7, 11) is -0.437. The molecule has 1 aliphatic heterocycles. The van der Waals surface area contributed by atoms with E-state index in [1.165, 1.54) is 40.4 Å². The number of hydrogen-bond acceptors (Lipinski definition) is 5. The highest BCUT2D eigenvalue weighted by molar-refractivity contribution is 7.89. The van der Waals surface area contributed by atoms with Gasteiger partial charge in [0.2, 0.25) is 21.8 Å². The van der Waals surface area contributed by atoms with Crippen LogP contribution < -0.4 is 5.32 Å². The lowest BCUT2D eigenvalue weighted by molar-refractivity contribution is -0.132. The van der Waals surface area contributed by atoms with Crippen LogP contribution in [0.4, 0.5) is 0 Å². The van der Waals surface area contributed by atoms with E-state index in [0.29, 0.717) is 18.4 Å². The fourth-order valence-electron chi connectivity index (χ4n) is 2.83. The number of piperidine rings is 1. The summed E-state index contributed by atoms with van der Waals surface area (Å²) in [6.07, 6.45) is 0.791. The largest absolute Gasteiger partial charge is 0.347 e. The van der Waals surface area contributed by atoms with Crippen LogP contribution in [0.5, 0.6) is 0 Å². The van der Waals surface area contributed by atoms with Crippen molar-refractivity contribution in [1.29, 1.82) is 0 Å². The number of nitrogens with zero attached hydrogens (tertiary/aromatic N) is 2. The minimum atomic E-state index is -3.66. The molecule has 0 aliphatic carbocycles. The Bertz CT molecular complexity index is 810. The minimum Gasteiger partial charge on any atom is -0.347 e. The van der Waals surface area contributed by atoms with Crippen molar-refractivity contribution in [2.75, 3.05) is 33.7 Å². The van der Waals surface area contributed by atoms with Crippen LogP contribution in [0.2, 0.25) is 0 Å². The third-order valence-electron chi connectivity index (χ3n) is 4.64. The number of amides is 2. The quantitative estimate of drug-likeness (QED) is 0.706. The molecule has 1 aromatic rings. The Kier molecular flexibility index (Phi) is 6.72. The highest BCUT2D eigenvalue weighted by Gasteiger charge is 2.32. The second kappa shape index (κ2) is 8.62. The summed E-state index contributed by atoms with van der Waals surface area (Å²) in [5, 5.41) is 2.61. The number of carbonyl (C=O) groups is 3. The smallest absolute Gasteiger partial charge is 0.243 e. The average molecular weight is 395 g/mol. The van der Waals surface area contributed by atoms with Crippen LogP contribution in [0.3, 0.4) is 0 Å². The number of likely N-dealkylation sites (N-methyl/N-ethyl adjacent to an activating group) is 1. The van der Waals surface area contributed by atoms with Crippen molar-refractivity contribution in [2.45, 2.75) is 24.7 Å². The van der Waals surface area contributed by atoms with Gasteiger partial charge in [-0.15, -0.1) is 0 Å². The number of carbonyl (C=O) groups excluding carboxylic acids is 3. The van der Waals surface area contributed by atoms with Gasteiger partial charge in [0.25, 0.3) is 0 Å². The van der Waals surface area contributed by atoms with E-state index in [4.69, 9.17) is 0 Å². The fraction of sp³-hybridized carbons (Fsp3) is 0.500. The van der Waals surface area contributed by atoms with E-state index in [2.05, 4.69) is 5.32 Å². The van der Waals surface area contributed by atoms with Gasteiger partial charge in [-0.1, -0.05) is 12.1 Å². The highest BCUT2D eigenvalue weighted by Crippen LogP contribution is 2.24. The molecule has 0 unspecified atom stereocenters. The average Bonchev–Trinajstić information content (AvgIpc) is 2.65. The number of benzene rings is 1. The summed E-state index contributed by atoms with van der Waals surface area (Å²) in [4.78, 5) is 36.6. The van der Waals surface area contributed by atoms with Crippen molar-refractivity contribution in [2.24, 2.45) is 5.92 Å². The van der Waals surface area contributed by atoms with E-state index >= 15 is 0 Å². The zero-order valence-corrected chi connectivity index (χ0v) is 16.6. The lowest BCUT2D eigenvalue weighted by atomic mass is 9.97. The second-order valence-electron chi connectivity index (χ2n) is 6.76. The Balaban J connectivity index is 1.94. The molecule has 1 aliphatic rings. The lowest BCUT2D eigenvalue weighted by Gasteiger charge is -2.30. The molecule has 148 valence electrons. The maximum Gasteiger partial charge on any atom is 0.243 e. The van der Waals surface area contributed by atoms with Crippen LogP contribution >= 0.6 is 0 Å². The van der Waals surface area contributed by atoms with Crippen molar-refractivity contribution >= 4 is 27.6 Å². The van der Waals surface area contributed by atoms with Crippen molar-refractivity contribution in [3.8, 4) is 0 Å². The van der Waals surface area contributed by atoms with Crippen LogP contribution in [0.1, 0.15) is 30.1 Å². The third-order valence-corrected chi connectivity index (χ3v) is 6.55. The number of Topliss-reactive ketones (excluding diaryl/α,β-unsaturated/α-hetero) is 1. The molecule has 0 bridgehead atoms. The molecule has 1 heterocycles. The summed E-state index contributed by atoms with van der Waals surface area (Å²) in [5.74, 6) is -0.865. The zero-order chi connectivity index (χ0) is 20.2. The van der Waals surface area contributed by atoms with Crippen LogP contribution in [-0.2, 0) is 19.6 Å². The van der Waals surface area contributed by atoms with Gasteiger partial charge in [0.05, 0.1) is 11.4 Å². The molecule has 8 nitrogen and oxygen atoms in total. The maximum atomic E-state index is 12.7. The first-order chi connectivity index (χ1) is 12.6. The highest BCUT2D eigenvalue weighted by atomic mass is 32.2. The molecule has 0 radical (unpaired) electrons. The molecule has 0 atom stereocenters. The van der Waals surface area contributed by atoms with Crippen molar-refractivity contribution < 1.29 is 22.8 Å². The summed E-state index contributed by atoms with van der Waals surface area (Å²) in [5.41, 5.74) is 0.455. The number of hydrogen-bond donors (Lipinski definition) is 1. The number of ketones is 1. The van der Waals surface area contributed by atoms with Crippen LogP contribution in [0.25, 0.3) is 0 Å². The first-order valence-electron chi connectivity index (χ1n) is 8.72. The molecule has 0 aromatic heterocycles. The van der Waals surface area contributed by atoms with Crippen molar-refractivity contribution in [3.63, 3.8) is 0 Å². The Hall–Kier alpha value is -2.26. The third kappa shape index (κ3) is 5.14. The van der Waals surface area contributed by atoms with E-state index in [0.717, 1.165) is 0 Å². The Morgan fingerprint density at radius 3 is 2.15 bits per heavy atom. The van der Waals surface area contributed by atoms with E-state index in [1.54, 1.807) is 14.1 Å². The number of nitrogens with one attached hydrogen (secondary N) is 1. The van der Waals surface area contributed by atoms with Gasteiger partial charge >= 0.3 is 0 Å². The van der Waals surface area contributed by atoms with Gasteiger partial charge < -0.3 is 10.2 Å². The monoisotopic (exact) mass is 395 g/mol. The van der Waals surface area contributed by atoms with Gasteiger partial charge in [0.1, 0.15) is 0 Å². The Morgan fingerprint density at radius 1 is 1.11 bits per heavy atom. The van der Waals surface area contributed by atoms with Crippen LogP contribution in [-0.4, -0.2) is 69.0 Å². The topological polar surface area (TPSA) is 104 Å². The van der Waals surface area contributed by atoms with Crippen molar-refractivity contribution in [3.05, 3.63) is 29.8 Å². The summed E-state index contributed by atoms with van der Waals surface area (Å²) in [6, 6.07) is 5.85. The van der Waals surface area contributed by atoms with Crippen LogP contribution in [0, 0.1) is 5.92 Å². The SMILES string of the molecule is CC(=O)c1ccc(S(=O)(=O)N2CCC(C(=O)NCC(=O)N(C)C)CC2)cc1. The number of rotatable bonds is 6. The molecule has 0 spiro atoms. The molecule has 1 saturated heterocycles. The molecule has 2 rings (SSSR count). The molecule has 1 aromatic carbocycles. The number of sulfonamides is 1. The molecule has 0 saturated carbocycles. The Labute approximate surface area is 159 Å². The minimum absolute atomic E-state index is 0.0627. The molecule has 1 N–H and O–H groups in total. The summed E-state index contributed by atoms with van der Waals surface area (Å²) < 4.78 is 26.8. The van der Waals surface area contributed by atoms with Gasteiger partial charge in [0.15, 0.2) is 5.78 Å².